The largest absolute Gasteiger partial charge is 0.487 e. The van der Waals surface area contributed by atoms with Gasteiger partial charge in [0.25, 0.3) is 0 Å². The Balaban J connectivity index is 1.53. The molecule has 3 heterocycles. The van der Waals surface area contributed by atoms with Crippen molar-refractivity contribution in [3.8, 4) is 5.75 Å². The smallest absolute Gasteiger partial charge is 0.336 e. The van der Waals surface area contributed by atoms with E-state index in [1.54, 1.807) is 26.0 Å². The highest BCUT2D eigenvalue weighted by Gasteiger charge is 2.48. The second kappa shape index (κ2) is 7.35. The fraction of sp³-hybridized carbons (Fsp3) is 0.550. The minimum atomic E-state index is -1.52. The van der Waals surface area contributed by atoms with Gasteiger partial charge in [0.05, 0.1) is 6.61 Å². The summed E-state index contributed by atoms with van der Waals surface area (Å²) in [5.41, 5.74) is -0.0654. The van der Waals surface area contributed by atoms with Crippen LogP contribution in [0.25, 0.3) is 11.0 Å². The maximum absolute atomic E-state index is 11.4. The van der Waals surface area contributed by atoms with E-state index in [1.165, 1.54) is 6.07 Å². The van der Waals surface area contributed by atoms with Crippen molar-refractivity contribution in [3.05, 3.63) is 40.2 Å². The molecule has 6 atom stereocenters. The number of hydrogen-bond acceptors (Lipinski definition) is 9. The van der Waals surface area contributed by atoms with Gasteiger partial charge in [-0.2, -0.15) is 0 Å². The predicted molar refractivity (Wildman–Crippen MR) is 99.5 cm³/mol. The Labute approximate surface area is 166 Å². The molecular weight excluding hydrogens is 384 g/mol. The molecular formula is C20H24O9. The normalized spacial score (nSPS) is 32.2. The molecule has 2 aliphatic rings. The number of aliphatic hydroxyl groups is 4. The van der Waals surface area contributed by atoms with Gasteiger partial charge in [-0.05, 0) is 31.5 Å². The maximum atomic E-state index is 11.4. The van der Waals surface area contributed by atoms with Crippen LogP contribution in [0.15, 0.2) is 33.5 Å². The minimum Gasteiger partial charge on any atom is -0.487 e. The van der Waals surface area contributed by atoms with Gasteiger partial charge in [0.2, 0.25) is 0 Å². The van der Waals surface area contributed by atoms with Gasteiger partial charge in [0.1, 0.15) is 47.5 Å². The van der Waals surface area contributed by atoms with Crippen LogP contribution in [0.5, 0.6) is 5.75 Å². The van der Waals surface area contributed by atoms with E-state index in [2.05, 4.69) is 0 Å². The topological polar surface area (TPSA) is 139 Å². The molecule has 1 saturated heterocycles. The van der Waals surface area contributed by atoms with Crippen molar-refractivity contribution in [2.45, 2.75) is 62.7 Å². The lowest BCUT2D eigenvalue weighted by atomic mass is 9.95. The monoisotopic (exact) mass is 408 g/mol. The fourth-order valence-corrected chi connectivity index (χ4v) is 3.74. The molecule has 2 aromatic rings. The number of hydrogen-bond donors (Lipinski definition) is 4. The first-order valence-corrected chi connectivity index (χ1v) is 9.41. The van der Waals surface area contributed by atoms with Crippen LogP contribution in [0.1, 0.15) is 19.4 Å². The number of rotatable bonds is 4. The lowest BCUT2D eigenvalue weighted by Crippen LogP contribution is -2.61. The summed E-state index contributed by atoms with van der Waals surface area (Å²) < 4.78 is 22.6. The third-order valence-corrected chi connectivity index (χ3v) is 5.52. The Hall–Kier alpha value is -2.01. The molecule has 0 saturated carbocycles. The molecule has 1 aromatic carbocycles. The van der Waals surface area contributed by atoms with E-state index in [9.17, 15) is 25.2 Å². The predicted octanol–water partition coefficient (Wildman–Crippen LogP) is -0.308. The summed E-state index contributed by atoms with van der Waals surface area (Å²) in [6, 6.07) is 6.59. The van der Waals surface area contributed by atoms with Crippen LogP contribution >= 0.6 is 0 Å². The molecule has 1 fully saturated rings. The van der Waals surface area contributed by atoms with E-state index >= 15 is 0 Å². The van der Waals surface area contributed by atoms with Crippen molar-refractivity contribution in [1.29, 1.82) is 0 Å². The third-order valence-electron chi connectivity index (χ3n) is 5.52. The van der Waals surface area contributed by atoms with Crippen LogP contribution in [0.3, 0.4) is 0 Å². The summed E-state index contributed by atoms with van der Waals surface area (Å²) in [4.78, 5) is 11.4. The Bertz CT molecular complexity index is 951. The summed E-state index contributed by atoms with van der Waals surface area (Å²) in [5.74, 6) is 0.572. The molecule has 29 heavy (non-hydrogen) atoms. The van der Waals surface area contributed by atoms with Crippen molar-refractivity contribution in [2.24, 2.45) is 0 Å². The van der Waals surface area contributed by atoms with E-state index in [-0.39, 0.29) is 0 Å². The zero-order chi connectivity index (χ0) is 20.9. The fourth-order valence-electron chi connectivity index (χ4n) is 3.74. The Morgan fingerprint density at radius 3 is 2.62 bits per heavy atom. The molecule has 2 aliphatic heterocycles. The highest BCUT2D eigenvalue weighted by atomic mass is 16.7. The van der Waals surface area contributed by atoms with E-state index in [4.69, 9.17) is 18.6 Å². The molecule has 158 valence electrons. The number of ether oxygens (including phenoxy) is 3. The highest BCUT2D eigenvalue weighted by Crippen LogP contribution is 2.38. The average molecular weight is 408 g/mol. The van der Waals surface area contributed by atoms with Crippen molar-refractivity contribution >= 4 is 11.0 Å². The first-order chi connectivity index (χ1) is 13.7. The van der Waals surface area contributed by atoms with Crippen LogP contribution < -0.4 is 10.4 Å². The van der Waals surface area contributed by atoms with Gasteiger partial charge >= 0.3 is 5.63 Å². The SMILES string of the molecule is CC(C)(O[C@H]1O[C@H](CO)[C@@H](O)[C@H](O)[C@H]1O)[C@H]1Cc2cc3ccc(=O)oc3cc2O1. The number of aliphatic hydroxyl groups excluding tert-OH is 4. The minimum absolute atomic E-state index is 0.421. The van der Waals surface area contributed by atoms with Gasteiger partial charge in [-0.15, -0.1) is 0 Å². The molecule has 0 unspecified atom stereocenters. The third kappa shape index (κ3) is 3.65. The number of fused-ring (bicyclic) bond motifs is 2. The van der Waals surface area contributed by atoms with Crippen LogP contribution in [-0.2, 0) is 15.9 Å². The maximum Gasteiger partial charge on any atom is 0.336 e. The van der Waals surface area contributed by atoms with Crippen LogP contribution in [0, 0.1) is 0 Å². The van der Waals surface area contributed by atoms with E-state index < -0.39 is 54.6 Å². The van der Waals surface area contributed by atoms with E-state index in [1.807, 2.05) is 6.07 Å². The summed E-state index contributed by atoms with van der Waals surface area (Å²) in [7, 11) is 0. The molecule has 9 heteroatoms. The molecule has 4 rings (SSSR count). The summed E-state index contributed by atoms with van der Waals surface area (Å²) >= 11 is 0. The molecule has 0 aliphatic carbocycles. The zero-order valence-corrected chi connectivity index (χ0v) is 16.0. The average Bonchev–Trinajstić information content (AvgIpc) is 3.10. The van der Waals surface area contributed by atoms with Crippen LogP contribution in [-0.4, -0.2) is 69.4 Å². The second-order valence-electron chi connectivity index (χ2n) is 7.98. The first-order valence-electron chi connectivity index (χ1n) is 9.41. The molecule has 9 nitrogen and oxygen atoms in total. The van der Waals surface area contributed by atoms with Crippen molar-refractivity contribution in [3.63, 3.8) is 0 Å². The van der Waals surface area contributed by atoms with E-state index in [0.717, 1.165) is 10.9 Å². The van der Waals surface area contributed by atoms with Gasteiger partial charge in [0.15, 0.2) is 6.29 Å². The second-order valence-corrected chi connectivity index (χ2v) is 7.98. The van der Waals surface area contributed by atoms with Crippen molar-refractivity contribution < 1.29 is 39.1 Å². The first kappa shape index (κ1) is 20.3. The molecule has 0 radical (unpaired) electrons. The highest BCUT2D eigenvalue weighted by molar-refractivity contribution is 5.79. The standard InChI is InChI=1S/C20H24O9/c1-20(2,29-19-18(25)17(24)16(23)13(8-21)28-19)14-6-10-5-9-3-4-15(22)27-11(9)7-12(10)26-14/h3-5,7,13-14,16-19,21,23-25H,6,8H2,1-2H3/t13-,14-,16-,17+,18-,19-/m1/s1. The lowest BCUT2D eigenvalue weighted by molar-refractivity contribution is -0.329. The van der Waals surface area contributed by atoms with Gasteiger partial charge in [-0.25, -0.2) is 4.79 Å². The Kier molecular flexibility index (Phi) is 5.14. The quantitative estimate of drug-likeness (QED) is 0.502. The summed E-state index contributed by atoms with van der Waals surface area (Å²) in [6.07, 6.45) is -6.71. The van der Waals surface area contributed by atoms with Gasteiger partial charge < -0.3 is 39.1 Å². The molecule has 0 spiro atoms. The Morgan fingerprint density at radius 1 is 1.14 bits per heavy atom. The molecule has 0 bridgehead atoms. The summed E-state index contributed by atoms with van der Waals surface area (Å²) in [6.45, 7) is 2.98. The van der Waals surface area contributed by atoms with E-state index in [0.29, 0.717) is 17.8 Å². The van der Waals surface area contributed by atoms with Gasteiger partial charge in [0, 0.05) is 23.9 Å². The summed E-state index contributed by atoms with van der Waals surface area (Å²) in [5, 5.41) is 40.2. The van der Waals surface area contributed by atoms with Crippen LogP contribution in [0.2, 0.25) is 0 Å². The lowest BCUT2D eigenvalue weighted by Gasteiger charge is -2.43. The molecule has 4 N–H and O–H groups in total. The van der Waals surface area contributed by atoms with Gasteiger partial charge in [-0.1, -0.05) is 0 Å². The van der Waals surface area contributed by atoms with Crippen LogP contribution in [0.4, 0.5) is 0 Å². The number of benzene rings is 1. The zero-order valence-electron chi connectivity index (χ0n) is 16.0. The molecule has 0 amide bonds. The van der Waals surface area contributed by atoms with Gasteiger partial charge in [-0.3, -0.25) is 0 Å². The van der Waals surface area contributed by atoms with Crippen molar-refractivity contribution in [2.75, 3.05) is 6.61 Å². The van der Waals surface area contributed by atoms with Crippen molar-refractivity contribution in [1.82, 2.24) is 0 Å². The molecule has 1 aromatic heterocycles. The Morgan fingerprint density at radius 2 is 1.90 bits per heavy atom.